The maximum atomic E-state index is 5.17. The van der Waals surface area contributed by atoms with Gasteiger partial charge >= 0.3 is 0 Å². The molecular formula is C4H15NO2. The first-order valence-electron chi connectivity index (χ1n) is 1.97. The molecule has 0 saturated carbocycles. The zero-order valence-electron chi connectivity index (χ0n) is 4.86. The van der Waals surface area contributed by atoms with E-state index in [9.17, 15) is 0 Å². The van der Waals surface area contributed by atoms with Crippen molar-refractivity contribution in [2.24, 2.45) is 11.7 Å². The van der Waals surface area contributed by atoms with Crippen molar-refractivity contribution in [2.75, 3.05) is 6.54 Å². The van der Waals surface area contributed by atoms with Crippen LogP contribution in [-0.2, 0) is 0 Å². The van der Waals surface area contributed by atoms with E-state index in [1.54, 1.807) is 0 Å². The van der Waals surface area contributed by atoms with E-state index in [1.165, 1.54) is 0 Å². The molecule has 48 valence electrons. The highest BCUT2D eigenvalue weighted by Crippen LogP contribution is 1.81. The lowest BCUT2D eigenvalue weighted by molar-refractivity contribution is 0.664. The second-order valence-corrected chi connectivity index (χ2v) is 1.63. The zero-order valence-corrected chi connectivity index (χ0v) is 4.86. The van der Waals surface area contributed by atoms with E-state index < -0.39 is 0 Å². The van der Waals surface area contributed by atoms with E-state index in [0.29, 0.717) is 5.92 Å². The molecule has 0 aliphatic rings. The Morgan fingerprint density at radius 3 is 1.43 bits per heavy atom. The summed E-state index contributed by atoms with van der Waals surface area (Å²) in [5.41, 5.74) is 5.17. The standard InChI is InChI=1S/C4H11N.2H2O/c1-4(2)3-5;;/h4H,3,5H2,1-2H3;2*1H2. The summed E-state index contributed by atoms with van der Waals surface area (Å²) in [5, 5.41) is 0. The quantitative estimate of drug-likeness (QED) is 0.457. The summed E-state index contributed by atoms with van der Waals surface area (Å²) in [6.07, 6.45) is 0. The number of rotatable bonds is 1. The Balaban J connectivity index is -0.0000000800. The van der Waals surface area contributed by atoms with E-state index in [-0.39, 0.29) is 11.0 Å². The van der Waals surface area contributed by atoms with Gasteiger partial charge in [0, 0.05) is 0 Å². The summed E-state index contributed by atoms with van der Waals surface area (Å²) in [7, 11) is 0. The van der Waals surface area contributed by atoms with Gasteiger partial charge in [0.25, 0.3) is 0 Å². The molecule has 0 fully saturated rings. The van der Waals surface area contributed by atoms with Gasteiger partial charge in [0.05, 0.1) is 0 Å². The van der Waals surface area contributed by atoms with Crippen molar-refractivity contribution in [2.45, 2.75) is 13.8 Å². The van der Waals surface area contributed by atoms with Crippen molar-refractivity contribution in [1.82, 2.24) is 0 Å². The molecule has 0 spiro atoms. The van der Waals surface area contributed by atoms with Gasteiger partial charge in [0.2, 0.25) is 0 Å². The summed E-state index contributed by atoms with van der Waals surface area (Å²) < 4.78 is 0. The van der Waals surface area contributed by atoms with Crippen molar-refractivity contribution < 1.29 is 11.0 Å². The van der Waals surface area contributed by atoms with Crippen LogP contribution in [0.2, 0.25) is 0 Å². The van der Waals surface area contributed by atoms with Crippen LogP contribution in [0, 0.1) is 5.92 Å². The Morgan fingerprint density at radius 2 is 1.43 bits per heavy atom. The molecule has 6 N–H and O–H groups in total. The normalized spacial score (nSPS) is 6.86. The van der Waals surface area contributed by atoms with E-state index in [4.69, 9.17) is 5.73 Å². The molecule has 3 heteroatoms. The molecule has 0 aromatic rings. The highest BCUT2D eigenvalue weighted by molar-refractivity contribution is 4.38. The molecule has 0 aliphatic heterocycles. The Bertz CT molecular complexity index is 23.7. The second kappa shape index (κ2) is 9.30. The van der Waals surface area contributed by atoms with E-state index in [0.717, 1.165) is 6.54 Å². The molecule has 0 amide bonds. The SMILES string of the molecule is CC(C)CN.O.O. The fourth-order valence-electron chi connectivity index (χ4n) is 0. The summed E-state index contributed by atoms with van der Waals surface area (Å²) >= 11 is 0. The van der Waals surface area contributed by atoms with Crippen LogP contribution < -0.4 is 5.73 Å². The molecule has 0 saturated heterocycles. The Kier molecular flexibility index (Phi) is 21.0. The monoisotopic (exact) mass is 109 g/mol. The average molecular weight is 109 g/mol. The van der Waals surface area contributed by atoms with Crippen LogP contribution in [0.3, 0.4) is 0 Å². The number of hydrogen-bond acceptors (Lipinski definition) is 1. The van der Waals surface area contributed by atoms with Gasteiger partial charge < -0.3 is 16.7 Å². The van der Waals surface area contributed by atoms with Crippen molar-refractivity contribution >= 4 is 0 Å². The lowest BCUT2D eigenvalue weighted by Crippen LogP contribution is -2.05. The zero-order chi connectivity index (χ0) is 4.28. The van der Waals surface area contributed by atoms with Crippen LogP contribution in [0.15, 0.2) is 0 Å². The first-order valence-corrected chi connectivity index (χ1v) is 1.97. The summed E-state index contributed by atoms with van der Waals surface area (Å²) in [5.74, 6) is 0.662. The second-order valence-electron chi connectivity index (χ2n) is 1.63. The Hall–Kier alpha value is -0.120. The molecule has 0 bridgehead atoms. The largest absolute Gasteiger partial charge is 0.412 e. The predicted octanol–water partition coefficient (Wildman–Crippen LogP) is -1.05. The van der Waals surface area contributed by atoms with Gasteiger partial charge in [0.1, 0.15) is 0 Å². The van der Waals surface area contributed by atoms with Gasteiger partial charge in [-0.25, -0.2) is 0 Å². The third-order valence-corrected chi connectivity index (χ3v) is 0.471. The smallest absolute Gasteiger partial charge is 0.00541 e. The number of nitrogens with two attached hydrogens (primary N) is 1. The maximum Gasteiger partial charge on any atom is -0.00541 e. The molecule has 0 aromatic carbocycles. The lowest BCUT2D eigenvalue weighted by Gasteiger charge is -1.91. The molecule has 0 heterocycles. The fraction of sp³-hybridized carbons (Fsp3) is 1.00. The summed E-state index contributed by atoms with van der Waals surface area (Å²) in [6, 6.07) is 0. The Labute approximate surface area is 44.1 Å². The highest BCUT2D eigenvalue weighted by Gasteiger charge is 1.80. The molecule has 0 atom stereocenters. The minimum atomic E-state index is 0. The van der Waals surface area contributed by atoms with E-state index in [2.05, 4.69) is 13.8 Å². The molecule has 0 unspecified atom stereocenters. The molecule has 0 rings (SSSR count). The van der Waals surface area contributed by atoms with Crippen LogP contribution >= 0.6 is 0 Å². The van der Waals surface area contributed by atoms with Crippen molar-refractivity contribution in [1.29, 1.82) is 0 Å². The topological polar surface area (TPSA) is 89.0 Å². The minimum absolute atomic E-state index is 0. The van der Waals surface area contributed by atoms with Crippen LogP contribution in [0.1, 0.15) is 13.8 Å². The summed E-state index contributed by atoms with van der Waals surface area (Å²) in [6.45, 7) is 5.00. The first kappa shape index (κ1) is 15.8. The third-order valence-electron chi connectivity index (χ3n) is 0.471. The fourth-order valence-corrected chi connectivity index (χ4v) is 0. The van der Waals surface area contributed by atoms with Crippen LogP contribution in [0.25, 0.3) is 0 Å². The molecule has 0 radical (unpaired) electrons. The first-order chi connectivity index (χ1) is 2.27. The molecule has 7 heavy (non-hydrogen) atoms. The van der Waals surface area contributed by atoms with E-state index in [1.807, 2.05) is 0 Å². The molecular weight excluding hydrogens is 94.0 g/mol. The van der Waals surface area contributed by atoms with Crippen molar-refractivity contribution in [3.63, 3.8) is 0 Å². The van der Waals surface area contributed by atoms with Crippen molar-refractivity contribution in [3.8, 4) is 0 Å². The Morgan fingerprint density at radius 1 is 1.29 bits per heavy atom. The predicted molar refractivity (Wildman–Crippen MR) is 31.1 cm³/mol. The molecule has 0 aromatic heterocycles. The molecule has 0 aliphatic carbocycles. The van der Waals surface area contributed by atoms with Gasteiger partial charge in [0.15, 0.2) is 0 Å². The van der Waals surface area contributed by atoms with Gasteiger partial charge in [-0.1, -0.05) is 13.8 Å². The van der Waals surface area contributed by atoms with Crippen LogP contribution in [0.5, 0.6) is 0 Å². The van der Waals surface area contributed by atoms with Gasteiger partial charge in [-0.3, -0.25) is 0 Å². The number of hydrogen-bond donors (Lipinski definition) is 1. The minimum Gasteiger partial charge on any atom is -0.412 e. The van der Waals surface area contributed by atoms with Gasteiger partial charge in [-0.2, -0.15) is 0 Å². The highest BCUT2D eigenvalue weighted by atomic mass is 16.0. The lowest BCUT2D eigenvalue weighted by atomic mass is 10.2. The average Bonchev–Trinajstić information content (AvgIpc) is 1.38. The van der Waals surface area contributed by atoms with Crippen LogP contribution in [-0.4, -0.2) is 17.5 Å². The van der Waals surface area contributed by atoms with E-state index >= 15 is 0 Å². The van der Waals surface area contributed by atoms with Gasteiger partial charge in [-0.05, 0) is 12.5 Å². The van der Waals surface area contributed by atoms with Crippen LogP contribution in [0.4, 0.5) is 0 Å². The maximum absolute atomic E-state index is 5.17. The molecule has 3 nitrogen and oxygen atoms in total. The summed E-state index contributed by atoms with van der Waals surface area (Å²) in [4.78, 5) is 0. The van der Waals surface area contributed by atoms with Crippen molar-refractivity contribution in [3.05, 3.63) is 0 Å². The van der Waals surface area contributed by atoms with Gasteiger partial charge in [-0.15, -0.1) is 0 Å². The third kappa shape index (κ3) is 25.0.